The molecule has 2 unspecified atom stereocenters. The number of nitrogens with zero attached hydrogens (tertiary/aromatic N) is 1. The van der Waals surface area contributed by atoms with Crippen molar-refractivity contribution in [3.63, 3.8) is 0 Å². The Kier molecular flexibility index (Phi) is 5.15. The Hall–Kier alpha value is -1.39. The van der Waals surface area contributed by atoms with E-state index in [1.807, 2.05) is 6.07 Å². The standard InChI is InChI=1S/C16H23NO3/c1-12(13-6-4-3-5-7-13)17-10-8-14(9-11-17)15(18)16(19)20-2/h3-7,12,14-15,18H,8-11H2,1-2H3. The summed E-state index contributed by atoms with van der Waals surface area (Å²) in [5, 5.41) is 9.89. The van der Waals surface area contributed by atoms with Crippen molar-refractivity contribution in [3.8, 4) is 0 Å². The van der Waals surface area contributed by atoms with Gasteiger partial charge in [-0.3, -0.25) is 4.90 Å². The lowest BCUT2D eigenvalue weighted by atomic mass is 9.90. The smallest absolute Gasteiger partial charge is 0.334 e. The van der Waals surface area contributed by atoms with E-state index in [0.29, 0.717) is 6.04 Å². The Morgan fingerprint density at radius 3 is 2.45 bits per heavy atom. The number of methoxy groups -OCH3 is 1. The second kappa shape index (κ2) is 6.86. The van der Waals surface area contributed by atoms with E-state index in [-0.39, 0.29) is 5.92 Å². The number of aliphatic hydroxyl groups is 1. The summed E-state index contributed by atoms with van der Waals surface area (Å²) in [5.74, 6) is -0.499. The molecule has 0 saturated carbocycles. The maximum atomic E-state index is 11.4. The van der Waals surface area contributed by atoms with Crippen LogP contribution in [-0.2, 0) is 9.53 Å². The molecular formula is C16H23NO3. The van der Waals surface area contributed by atoms with Crippen molar-refractivity contribution in [1.29, 1.82) is 0 Å². The zero-order chi connectivity index (χ0) is 14.5. The average molecular weight is 277 g/mol. The predicted octanol–water partition coefficient (Wildman–Crippen LogP) is 1.99. The molecule has 0 bridgehead atoms. The first-order chi connectivity index (χ1) is 9.63. The number of esters is 1. The Labute approximate surface area is 120 Å². The third-order valence-corrected chi connectivity index (χ3v) is 4.29. The molecule has 4 nitrogen and oxygen atoms in total. The first-order valence-electron chi connectivity index (χ1n) is 7.18. The van der Waals surface area contributed by atoms with E-state index in [0.717, 1.165) is 25.9 Å². The number of rotatable bonds is 4. The summed E-state index contributed by atoms with van der Waals surface area (Å²) < 4.78 is 4.61. The molecule has 1 saturated heterocycles. The Bertz CT molecular complexity index is 427. The van der Waals surface area contributed by atoms with Gasteiger partial charge in [0.2, 0.25) is 0 Å². The Morgan fingerprint density at radius 1 is 1.30 bits per heavy atom. The molecule has 0 aromatic heterocycles. The van der Waals surface area contributed by atoms with Crippen molar-refractivity contribution in [2.24, 2.45) is 5.92 Å². The molecule has 1 aliphatic rings. The van der Waals surface area contributed by atoms with Crippen LogP contribution in [0.5, 0.6) is 0 Å². The first kappa shape index (κ1) is 15.0. The monoisotopic (exact) mass is 277 g/mol. The number of hydrogen-bond donors (Lipinski definition) is 1. The van der Waals surface area contributed by atoms with Crippen molar-refractivity contribution in [3.05, 3.63) is 35.9 Å². The SMILES string of the molecule is COC(=O)C(O)C1CCN(C(C)c2ccccc2)CC1. The van der Waals surface area contributed by atoms with Crippen molar-refractivity contribution < 1.29 is 14.6 Å². The van der Waals surface area contributed by atoms with E-state index in [2.05, 4.69) is 40.8 Å². The highest BCUT2D eigenvalue weighted by Gasteiger charge is 2.31. The number of carbonyl (C=O) groups excluding carboxylic acids is 1. The number of aliphatic hydroxyl groups excluding tert-OH is 1. The van der Waals surface area contributed by atoms with Gasteiger partial charge in [-0.15, -0.1) is 0 Å². The van der Waals surface area contributed by atoms with Crippen molar-refractivity contribution in [2.45, 2.75) is 31.9 Å². The van der Waals surface area contributed by atoms with E-state index < -0.39 is 12.1 Å². The van der Waals surface area contributed by atoms with Crippen LogP contribution < -0.4 is 0 Å². The molecule has 0 spiro atoms. The summed E-state index contributed by atoms with van der Waals surface area (Å²) in [7, 11) is 1.32. The fourth-order valence-corrected chi connectivity index (χ4v) is 2.88. The third-order valence-electron chi connectivity index (χ3n) is 4.29. The van der Waals surface area contributed by atoms with Crippen LogP contribution in [0.25, 0.3) is 0 Å². The minimum absolute atomic E-state index is 0.0154. The first-order valence-corrected chi connectivity index (χ1v) is 7.18. The van der Waals surface area contributed by atoms with Crippen molar-refractivity contribution >= 4 is 5.97 Å². The van der Waals surface area contributed by atoms with Crippen LogP contribution in [0, 0.1) is 5.92 Å². The lowest BCUT2D eigenvalue weighted by Gasteiger charge is -2.37. The maximum Gasteiger partial charge on any atom is 0.334 e. The van der Waals surface area contributed by atoms with Gasteiger partial charge in [0.15, 0.2) is 6.10 Å². The molecule has 110 valence electrons. The quantitative estimate of drug-likeness (QED) is 0.855. The largest absolute Gasteiger partial charge is 0.467 e. The van der Waals surface area contributed by atoms with Gasteiger partial charge in [0.05, 0.1) is 7.11 Å². The van der Waals surface area contributed by atoms with Crippen LogP contribution in [0.4, 0.5) is 0 Å². The molecule has 1 fully saturated rings. The van der Waals surface area contributed by atoms with Gasteiger partial charge in [-0.2, -0.15) is 0 Å². The van der Waals surface area contributed by atoms with Gasteiger partial charge in [0.1, 0.15) is 0 Å². The van der Waals surface area contributed by atoms with E-state index in [1.165, 1.54) is 12.7 Å². The predicted molar refractivity (Wildman–Crippen MR) is 77.2 cm³/mol. The summed E-state index contributed by atoms with van der Waals surface area (Å²) in [6.07, 6.45) is 0.676. The molecule has 1 aromatic carbocycles. The van der Waals surface area contributed by atoms with Gasteiger partial charge in [0.25, 0.3) is 0 Å². The van der Waals surface area contributed by atoms with Crippen LogP contribution in [-0.4, -0.2) is 42.3 Å². The molecule has 0 radical (unpaired) electrons. The van der Waals surface area contributed by atoms with Gasteiger partial charge >= 0.3 is 5.97 Å². The van der Waals surface area contributed by atoms with Gasteiger partial charge in [0, 0.05) is 6.04 Å². The van der Waals surface area contributed by atoms with Crippen molar-refractivity contribution in [1.82, 2.24) is 4.90 Å². The molecule has 2 rings (SSSR count). The molecule has 4 heteroatoms. The number of likely N-dealkylation sites (tertiary alicyclic amines) is 1. The topological polar surface area (TPSA) is 49.8 Å². The minimum Gasteiger partial charge on any atom is -0.467 e. The van der Waals surface area contributed by atoms with E-state index in [1.54, 1.807) is 0 Å². The highest BCUT2D eigenvalue weighted by atomic mass is 16.5. The highest BCUT2D eigenvalue weighted by Crippen LogP contribution is 2.28. The lowest BCUT2D eigenvalue weighted by molar-refractivity contribution is -0.154. The molecule has 1 aromatic rings. The highest BCUT2D eigenvalue weighted by molar-refractivity contribution is 5.74. The zero-order valence-corrected chi connectivity index (χ0v) is 12.2. The molecule has 1 aliphatic heterocycles. The van der Waals surface area contributed by atoms with E-state index >= 15 is 0 Å². The van der Waals surface area contributed by atoms with Crippen LogP contribution in [0.15, 0.2) is 30.3 Å². The van der Waals surface area contributed by atoms with Gasteiger partial charge in [-0.05, 0) is 44.3 Å². The molecule has 1 heterocycles. The molecule has 1 N–H and O–H groups in total. The summed E-state index contributed by atoms with van der Waals surface area (Å²) in [4.78, 5) is 13.8. The Balaban J connectivity index is 1.90. The van der Waals surface area contributed by atoms with Crippen LogP contribution >= 0.6 is 0 Å². The number of piperidine rings is 1. The lowest BCUT2D eigenvalue weighted by Crippen LogP contribution is -2.41. The van der Waals surface area contributed by atoms with E-state index in [9.17, 15) is 9.90 Å². The fourth-order valence-electron chi connectivity index (χ4n) is 2.88. The average Bonchev–Trinajstić information content (AvgIpc) is 2.53. The maximum absolute atomic E-state index is 11.4. The normalized spacial score (nSPS) is 20.4. The van der Waals surface area contributed by atoms with Crippen LogP contribution in [0.3, 0.4) is 0 Å². The molecule has 0 amide bonds. The van der Waals surface area contributed by atoms with Crippen molar-refractivity contribution in [2.75, 3.05) is 20.2 Å². The van der Waals surface area contributed by atoms with Gasteiger partial charge < -0.3 is 9.84 Å². The summed E-state index contributed by atoms with van der Waals surface area (Å²) in [5.41, 5.74) is 1.31. The number of carbonyl (C=O) groups is 1. The third kappa shape index (κ3) is 3.38. The van der Waals surface area contributed by atoms with Crippen LogP contribution in [0.1, 0.15) is 31.4 Å². The fraction of sp³-hybridized carbons (Fsp3) is 0.562. The molecular weight excluding hydrogens is 254 g/mol. The second-order valence-electron chi connectivity index (χ2n) is 5.43. The van der Waals surface area contributed by atoms with Gasteiger partial charge in [-0.25, -0.2) is 4.79 Å². The summed E-state index contributed by atoms with van der Waals surface area (Å²) in [6.45, 7) is 4.00. The second-order valence-corrected chi connectivity index (χ2v) is 5.43. The van der Waals surface area contributed by atoms with E-state index in [4.69, 9.17) is 0 Å². The minimum atomic E-state index is -0.978. The molecule has 0 aliphatic carbocycles. The summed E-state index contributed by atoms with van der Waals surface area (Å²) >= 11 is 0. The number of benzene rings is 1. The number of ether oxygens (including phenoxy) is 1. The summed E-state index contributed by atoms with van der Waals surface area (Å²) in [6, 6.07) is 10.8. The molecule has 2 atom stereocenters. The molecule has 20 heavy (non-hydrogen) atoms. The van der Waals surface area contributed by atoms with Crippen LogP contribution in [0.2, 0.25) is 0 Å². The Morgan fingerprint density at radius 2 is 1.90 bits per heavy atom. The number of hydrogen-bond acceptors (Lipinski definition) is 4. The van der Waals surface area contributed by atoms with Gasteiger partial charge in [-0.1, -0.05) is 30.3 Å². The zero-order valence-electron chi connectivity index (χ0n) is 12.2.